The fourth-order valence-electron chi connectivity index (χ4n) is 2.17. The Hall–Kier alpha value is -2.24. The fourth-order valence-corrected chi connectivity index (χ4v) is 2.17. The lowest BCUT2D eigenvalue weighted by Crippen LogP contribution is -2.31. The first-order valence-corrected chi connectivity index (χ1v) is 6.54. The minimum atomic E-state index is -0.893. The number of rotatable bonds is 5. The lowest BCUT2D eigenvalue weighted by molar-refractivity contribution is -0.138. The second-order valence-electron chi connectivity index (χ2n) is 4.97. The number of carbonyl (C=O) groups is 2. The minimum absolute atomic E-state index is 0.0128. The topological polar surface area (TPSA) is 87.7 Å². The molecule has 0 saturated carbocycles. The van der Waals surface area contributed by atoms with E-state index >= 15 is 0 Å². The number of carboxylic acid groups (broad SMARTS) is 1. The molecular formula is C14H18N2O4. The van der Waals surface area contributed by atoms with Crippen LogP contribution in [0.1, 0.15) is 24.9 Å². The Labute approximate surface area is 117 Å². The second-order valence-corrected chi connectivity index (χ2v) is 4.97. The molecule has 1 unspecified atom stereocenters. The van der Waals surface area contributed by atoms with Crippen molar-refractivity contribution >= 4 is 17.7 Å². The van der Waals surface area contributed by atoms with E-state index in [2.05, 4.69) is 10.6 Å². The van der Waals surface area contributed by atoms with Crippen LogP contribution in [0.25, 0.3) is 0 Å². The largest absolute Gasteiger partial charge is 0.481 e. The molecule has 1 aromatic carbocycles. The number of ether oxygens (including phenoxy) is 1. The first-order valence-electron chi connectivity index (χ1n) is 6.54. The summed E-state index contributed by atoms with van der Waals surface area (Å²) in [4.78, 5) is 22.2. The van der Waals surface area contributed by atoms with Gasteiger partial charge in [0.1, 0.15) is 0 Å². The Balaban J connectivity index is 1.80. The summed E-state index contributed by atoms with van der Waals surface area (Å²) >= 11 is 0. The summed E-state index contributed by atoms with van der Waals surface area (Å²) in [5.41, 5.74) is 2.04. The van der Waals surface area contributed by atoms with Crippen molar-refractivity contribution < 1.29 is 19.4 Å². The Bertz CT molecular complexity index is 504. The van der Waals surface area contributed by atoms with Crippen molar-refractivity contribution in [2.45, 2.75) is 19.4 Å². The van der Waals surface area contributed by atoms with Crippen LogP contribution in [0, 0.1) is 5.92 Å². The Kier molecular flexibility index (Phi) is 4.45. The van der Waals surface area contributed by atoms with E-state index in [-0.39, 0.29) is 25.0 Å². The number of hydrogen-bond acceptors (Lipinski definition) is 4. The first kappa shape index (κ1) is 14.2. The molecule has 6 heteroatoms. The van der Waals surface area contributed by atoms with Gasteiger partial charge >= 0.3 is 12.1 Å². The van der Waals surface area contributed by atoms with Crippen LogP contribution in [0.5, 0.6) is 0 Å². The van der Waals surface area contributed by atoms with Crippen LogP contribution in [0.3, 0.4) is 0 Å². The maximum absolute atomic E-state index is 11.7. The molecule has 1 heterocycles. The highest BCUT2D eigenvalue weighted by Crippen LogP contribution is 2.28. The average molecular weight is 278 g/mol. The van der Waals surface area contributed by atoms with Gasteiger partial charge in [0.15, 0.2) is 0 Å². The van der Waals surface area contributed by atoms with Crippen molar-refractivity contribution in [3.05, 3.63) is 29.8 Å². The standard InChI is InChI=1S/C14H18N2O4/c1-9(6-13(17)18)8-20-14(19)16-12-7-15-11-5-3-2-4-10(11)12/h2-5,9,12,15H,6-8H2,1H3,(H,16,19)(H,17,18)/t9-,12?/m0/s1. The number of hydrogen-bond donors (Lipinski definition) is 3. The number of amides is 1. The Morgan fingerprint density at radius 3 is 3.00 bits per heavy atom. The average Bonchev–Trinajstić information content (AvgIpc) is 2.79. The predicted octanol–water partition coefficient (Wildman–Crippen LogP) is 1.99. The molecular weight excluding hydrogens is 260 g/mol. The molecule has 0 radical (unpaired) electrons. The smallest absolute Gasteiger partial charge is 0.407 e. The molecule has 1 aliphatic rings. The third kappa shape index (κ3) is 3.63. The molecule has 2 atom stereocenters. The van der Waals surface area contributed by atoms with Gasteiger partial charge < -0.3 is 20.5 Å². The van der Waals surface area contributed by atoms with Gasteiger partial charge in [0.05, 0.1) is 19.1 Å². The van der Waals surface area contributed by atoms with Gasteiger partial charge in [0.25, 0.3) is 0 Å². The third-order valence-corrected chi connectivity index (χ3v) is 3.15. The highest BCUT2D eigenvalue weighted by molar-refractivity contribution is 5.70. The van der Waals surface area contributed by atoms with Gasteiger partial charge in [-0.2, -0.15) is 0 Å². The molecule has 20 heavy (non-hydrogen) atoms. The molecule has 0 fully saturated rings. The van der Waals surface area contributed by atoms with E-state index in [9.17, 15) is 9.59 Å². The Morgan fingerprint density at radius 2 is 2.25 bits per heavy atom. The molecule has 0 saturated heterocycles. The monoisotopic (exact) mass is 278 g/mol. The van der Waals surface area contributed by atoms with Crippen LogP contribution in [0.2, 0.25) is 0 Å². The molecule has 1 aromatic rings. The number of benzene rings is 1. The molecule has 3 N–H and O–H groups in total. The van der Waals surface area contributed by atoms with E-state index in [4.69, 9.17) is 9.84 Å². The van der Waals surface area contributed by atoms with Crippen molar-refractivity contribution in [2.24, 2.45) is 5.92 Å². The number of fused-ring (bicyclic) bond motifs is 1. The van der Waals surface area contributed by atoms with Crippen LogP contribution in [0.15, 0.2) is 24.3 Å². The van der Waals surface area contributed by atoms with Crippen LogP contribution < -0.4 is 10.6 Å². The van der Waals surface area contributed by atoms with Crippen LogP contribution in [-0.2, 0) is 9.53 Å². The normalized spacial score (nSPS) is 17.8. The number of carboxylic acids is 1. The molecule has 0 aromatic heterocycles. The number of carbonyl (C=O) groups excluding carboxylic acids is 1. The number of para-hydroxylation sites is 1. The van der Waals surface area contributed by atoms with E-state index < -0.39 is 12.1 Å². The zero-order chi connectivity index (χ0) is 14.5. The van der Waals surface area contributed by atoms with Crippen LogP contribution in [-0.4, -0.2) is 30.3 Å². The Morgan fingerprint density at radius 1 is 1.50 bits per heavy atom. The van der Waals surface area contributed by atoms with E-state index in [1.807, 2.05) is 24.3 Å². The van der Waals surface area contributed by atoms with Gasteiger partial charge in [-0.25, -0.2) is 4.79 Å². The fraction of sp³-hybridized carbons (Fsp3) is 0.429. The number of anilines is 1. The summed E-state index contributed by atoms with van der Waals surface area (Å²) in [6, 6.07) is 7.64. The quantitative estimate of drug-likeness (QED) is 0.766. The lowest BCUT2D eigenvalue weighted by Gasteiger charge is -2.14. The maximum atomic E-state index is 11.7. The van der Waals surface area contributed by atoms with Crippen molar-refractivity contribution in [3.63, 3.8) is 0 Å². The summed E-state index contributed by atoms with van der Waals surface area (Å²) in [7, 11) is 0. The molecule has 1 amide bonds. The van der Waals surface area contributed by atoms with Crippen LogP contribution >= 0.6 is 0 Å². The second kappa shape index (κ2) is 6.27. The summed E-state index contributed by atoms with van der Waals surface area (Å²) in [6.07, 6.45) is -0.535. The predicted molar refractivity (Wildman–Crippen MR) is 73.6 cm³/mol. The summed E-state index contributed by atoms with van der Waals surface area (Å²) in [5.74, 6) is -1.09. The minimum Gasteiger partial charge on any atom is -0.481 e. The van der Waals surface area contributed by atoms with Crippen molar-refractivity contribution in [1.29, 1.82) is 0 Å². The molecule has 2 rings (SSSR count). The summed E-state index contributed by atoms with van der Waals surface area (Å²) in [6.45, 7) is 2.45. The van der Waals surface area contributed by atoms with Gasteiger partial charge in [-0.1, -0.05) is 25.1 Å². The summed E-state index contributed by atoms with van der Waals surface area (Å²) in [5, 5.41) is 14.6. The first-order chi connectivity index (χ1) is 9.56. The van der Waals surface area contributed by atoms with Crippen molar-refractivity contribution in [2.75, 3.05) is 18.5 Å². The SMILES string of the molecule is C[C@H](COC(=O)NC1CNc2ccccc21)CC(=O)O. The zero-order valence-corrected chi connectivity index (χ0v) is 11.3. The summed E-state index contributed by atoms with van der Waals surface area (Å²) < 4.78 is 5.04. The highest BCUT2D eigenvalue weighted by Gasteiger charge is 2.23. The van der Waals surface area contributed by atoms with E-state index in [0.717, 1.165) is 11.3 Å². The van der Waals surface area contributed by atoms with Gasteiger partial charge in [-0.15, -0.1) is 0 Å². The highest BCUT2D eigenvalue weighted by atomic mass is 16.5. The number of aliphatic carboxylic acids is 1. The zero-order valence-electron chi connectivity index (χ0n) is 11.3. The molecule has 0 bridgehead atoms. The third-order valence-electron chi connectivity index (χ3n) is 3.15. The van der Waals surface area contributed by atoms with Gasteiger partial charge in [0.2, 0.25) is 0 Å². The van der Waals surface area contributed by atoms with Crippen molar-refractivity contribution in [1.82, 2.24) is 5.32 Å². The number of nitrogens with one attached hydrogen (secondary N) is 2. The van der Waals surface area contributed by atoms with Gasteiger partial charge in [0, 0.05) is 18.2 Å². The molecule has 0 aliphatic carbocycles. The van der Waals surface area contributed by atoms with Gasteiger partial charge in [-0.05, 0) is 11.6 Å². The molecule has 108 valence electrons. The van der Waals surface area contributed by atoms with E-state index in [1.165, 1.54) is 0 Å². The molecule has 0 spiro atoms. The van der Waals surface area contributed by atoms with E-state index in [1.54, 1.807) is 6.92 Å². The van der Waals surface area contributed by atoms with E-state index in [0.29, 0.717) is 6.54 Å². The molecule has 1 aliphatic heterocycles. The van der Waals surface area contributed by atoms with Crippen LogP contribution in [0.4, 0.5) is 10.5 Å². The lowest BCUT2D eigenvalue weighted by atomic mass is 10.1. The van der Waals surface area contributed by atoms with Gasteiger partial charge in [-0.3, -0.25) is 4.79 Å². The maximum Gasteiger partial charge on any atom is 0.407 e. The molecule has 6 nitrogen and oxygen atoms in total. The number of alkyl carbamates (subject to hydrolysis) is 1. The van der Waals surface area contributed by atoms with Crippen molar-refractivity contribution in [3.8, 4) is 0 Å².